The van der Waals surface area contributed by atoms with E-state index >= 15 is 0 Å². The van der Waals surface area contributed by atoms with Gasteiger partial charge in [0.1, 0.15) is 6.61 Å². The minimum atomic E-state index is -0.876. The van der Waals surface area contributed by atoms with Gasteiger partial charge in [0, 0.05) is 19.3 Å². The maximum Gasteiger partial charge on any atom is 0.362 e. The largest absolute Gasteiger partial charge is 0.477 e. The maximum absolute atomic E-state index is 12.7. The standard InChI is InChI=1S/C44H81NO7/c1-6-8-10-12-14-16-18-20-22-24-26-28-30-32-34-42(46)51-39-40(38-50-37-36-41(44(48)49)45(3,4)5)52-43(47)35-33-31-29-27-25-23-21-19-17-15-13-11-9-7-2/h13,15,19,21,40-41H,6-12,14,16-18,20,22-39H2,1-5H3/p+1/b15-13-,21-19-. The summed E-state index contributed by atoms with van der Waals surface area (Å²) in [6.07, 6.45) is 37.8. The normalized spacial score (nSPS) is 13.2. The lowest BCUT2D eigenvalue weighted by Crippen LogP contribution is -2.50. The summed E-state index contributed by atoms with van der Waals surface area (Å²) in [5.41, 5.74) is 0. The molecule has 8 heteroatoms. The van der Waals surface area contributed by atoms with Crippen molar-refractivity contribution in [3.63, 3.8) is 0 Å². The summed E-state index contributed by atoms with van der Waals surface area (Å²) in [6, 6.07) is -0.613. The molecule has 0 bridgehead atoms. The van der Waals surface area contributed by atoms with E-state index in [-0.39, 0.29) is 36.2 Å². The van der Waals surface area contributed by atoms with Gasteiger partial charge in [-0.15, -0.1) is 0 Å². The van der Waals surface area contributed by atoms with Gasteiger partial charge in [-0.25, -0.2) is 4.79 Å². The predicted octanol–water partition coefficient (Wildman–Crippen LogP) is 11.3. The summed E-state index contributed by atoms with van der Waals surface area (Å²) >= 11 is 0. The molecule has 0 amide bonds. The van der Waals surface area contributed by atoms with E-state index in [0.717, 1.165) is 64.2 Å². The van der Waals surface area contributed by atoms with Gasteiger partial charge in [0.05, 0.1) is 34.4 Å². The maximum atomic E-state index is 12.7. The first-order chi connectivity index (χ1) is 25.1. The highest BCUT2D eigenvalue weighted by atomic mass is 16.6. The molecule has 0 heterocycles. The molecule has 0 aromatic heterocycles. The van der Waals surface area contributed by atoms with Crippen molar-refractivity contribution < 1.29 is 38.2 Å². The van der Waals surface area contributed by atoms with Gasteiger partial charge >= 0.3 is 17.9 Å². The van der Waals surface area contributed by atoms with E-state index < -0.39 is 18.1 Å². The van der Waals surface area contributed by atoms with Crippen LogP contribution in [0.4, 0.5) is 0 Å². The molecule has 0 spiro atoms. The van der Waals surface area contributed by atoms with Crippen molar-refractivity contribution in [2.24, 2.45) is 0 Å². The van der Waals surface area contributed by atoms with Gasteiger partial charge in [0.15, 0.2) is 12.1 Å². The average molecular weight is 737 g/mol. The van der Waals surface area contributed by atoms with Crippen molar-refractivity contribution in [2.45, 2.75) is 199 Å². The topological polar surface area (TPSA) is 99.1 Å². The van der Waals surface area contributed by atoms with Gasteiger partial charge in [-0.2, -0.15) is 0 Å². The molecule has 2 unspecified atom stereocenters. The molecule has 0 aromatic rings. The Bertz CT molecular complexity index is 911. The molecule has 0 aliphatic heterocycles. The molecular formula is C44H82NO7+. The van der Waals surface area contributed by atoms with E-state index in [9.17, 15) is 19.5 Å². The second-order valence-corrected chi connectivity index (χ2v) is 15.6. The van der Waals surface area contributed by atoms with Crippen LogP contribution in [0.5, 0.6) is 0 Å². The number of esters is 2. The van der Waals surface area contributed by atoms with E-state index in [1.54, 1.807) is 0 Å². The molecule has 304 valence electrons. The Hall–Kier alpha value is -2.19. The number of quaternary nitrogens is 1. The summed E-state index contributed by atoms with van der Waals surface area (Å²) in [5.74, 6) is -1.48. The molecule has 0 saturated carbocycles. The molecule has 2 atom stereocenters. The fraction of sp³-hybridized carbons (Fsp3) is 0.841. The first-order valence-corrected chi connectivity index (χ1v) is 21.4. The van der Waals surface area contributed by atoms with Crippen molar-refractivity contribution in [2.75, 3.05) is 41.0 Å². The highest BCUT2D eigenvalue weighted by molar-refractivity contribution is 5.72. The Balaban J connectivity index is 4.37. The van der Waals surface area contributed by atoms with Gasteiger partial charge in [-0.1, -0.05) is 154 Å². The molecule has 0 aliphatic carbocycles. The number of hydrogen-bond acceptors (Lipinski definition) is 6. The monoisotopic (exact) mass is 737 g/mol. The number of unbranched alkanes of at least 4 members (excludes halogenated alkanes) is 20. The summed E-state index contributed by atoms with van der Waals surface area (Å²) in [7, 11) is 5.52. The Labute approximate surface area is 320 Å². The van der Waals surface area contributed by atoms with Crippen LogP contribution in [0.2, 0.25) is 0 Å². The Morgan fingerprint density at radius 1 is 0.577 bits per heavy atom. The fourth-order valence-corrected chi connectivity index (χ4v) is 6.23. The van der Waals surface area contributed by atoms with Crippen molar-refractivity contribution in [1.29, 1.82) is 0 Å². The lowest BCUT2D eigenvalue weighted by molar-refractivity contribution is -0.887. The zero-order valence-electron chi connectivity index (χ0n) is 34.5. The second-order valence-electron chi connectivity index (χ2n) is 15.6. The minimum absolute atomic E-state index is 0.0527. The van der Waals surface area contributed by atoms with E-state index in [1.165, 1.54) is 89.9 Å². The molecule has 0 saturated heterocycles. The Morgan fingerprint density at radius 2 is 1.04 bits per heavy atom. The average Bonchev–Trinajstić information content (AvgIpc) is 3.09. The number of nitrogens with zero attached hydrogens (tertiary/aromatic N) is 1. The van der Waals surface area contributed by atoms with Gasteiger partial charge in [-0.3, -0.25) is 9.59 Å². The van der Waals surface area contributed by atoms with E-state index in [0.29, 0.717) is 19.3 Å². The number of carboxylic acids is 1. The number of ether oxygens (including phenoxy) is 3. The molecule has 1 N–H and O–H groups in total. The molecule has 0 rings (SSSR count). The van der Waals surface area contributed by atoms with Gasteiger partial charge in [-0.05, 0) is 38.5 Å². The van der Waals surface area contributed by atoms with Crippen LogP contribution in [0.3, 0.4) is 0 Å². The van der Waals surface area contributed by atoms with Crippen molar-refractivity contribution in [3.05, 3.63) is 24.3 Å². The number of likely N-dealkylation sites (N-methyl/N-ethyl adjacent to an activating group) is 1. The number of aliphatic carboxylic acids is 1. The third-order valence-electron chi connectivity index (χ3n) is 9.60. The molecule has 0 fully saturated rings. The fourth-order valence-electron chi connectivity index (χ4n) is 6.23. The van der Waals surface area contributed by atoms with E-state index in [4.69, 9.17) is 14.2 Å². The summed E-state index contributed by atoms with van der Waals surface area (Å²) in [4.78, 5) is 36.9. The highest BCUT2D eigenvalue weighted by Gasteiger charge is 2.31. The molecule has 0 aromatic carbocycles. The Kier molecular flexibility index (Phi) is 34.3. The first kappa shape index (κ1) is 49.8. The predicted molar refractivity (Wildman–Crippen MR) is 215 cm³/mol. The minimum Gasteiger partial charge on any atom is -0.477 e. The van der Waals surface area contributed by atoms with Crippen LogP contribution in [0.1, 0.15) is 187 Å². The summed E-state index contributed by atoms with van der Waals surface area (Å²) in [6.45, 7) is 4.69. The smallest absolute Gasteiger partial charge is 0.362 e. The van der Waals surface area contributed by atoms with Crippen LogP contribution >= 0.6 is 0 Å². The molecule has 8 nitrogen and oxygen atoms in total. The van der Waals surface area contributed by atoms with Crippen molar-refractivity contribution >= 4 is 17.9 Å². The molecule has 0 aliphatic rings. The van der Waals surface area contributed by atoms with E-state index in [2.05, 4.69) is 38.2 Å². The van der Waals surface area contributed by atoms with Crippen molar-refractivity contribution in [1.82, 2.24) is 0 Å². The summed E-state index contributed by atoms with van der Waals surface area (Å²) in [5, 5.41) is 9.60. The Morgan fingerprint density at radius 3 is 1.54 bits per heavy atom. The van der Waals surface area contributed by atoms with E-state index in [1.807, 2.05) is 21.1 Å². The van der Waals surface area contributed by atoms with Gasteiger partial charge < -0.3 is 23.8 Å². The number of hydrogen-bond donors (Lipinski definition) is 1. The third kappa shape index (κ3) is 33.6. The van der Waals surface area contributed by atoms with Crippen LogP contribution in [-0.2, 0) is 28.6 Å². The number of carbonyl (C=O) groups excluding carboxylic acids is 2. The van der Waals surface area contributed by atoms with Crippen LogP contribution in [0.25, 0.3) is 0 Å². The van der Waals surface area contributed by atoms with Gasteiger partial charge in [0.25, 0.3) is 0 Å². The molecular weight excluding hydrogens is 654 g/mol. The molecule has 0 radical (unpaired) electrons. The zero-order chi connectivity index (χ0) is 38.5. The van der Waals surface area contributed by atoms with Crippen molar-refractivity contribution in [3.8, 4) is 0 Å². The zero-order valence-corrected chi connectivity index (χ0v) is 34.5. The van der Waals surface area contributed by atoms with Crippen LogP contribution in [-0.4, -0.2) is 80.6 Å². The third-order valence-corrected chi connectivity index (χ3v) is 9.60. The lowest BCUT2D eigenvalue weighted by Gasteiger charge is -2.31. The highest BCUT2D eigenvalue weighted by Crippen LogP contribution is 2.15. The van der Waals surface area contributed by atoms with Gasteiger partial charge in [0.2, 0.25) is 0 Å². The quantitative estimate of drug-likeness (QED) is 0.0291. The second kappa shape index (κ2) is 35.8. The SMILES string of the molecule is CCCC/C=C\C/C=C\CCCCCCCC(=O)OC(COCCC(C(=O)O)[N+](C)(C)C)COC(=O)CCCCCCCCCCCCCCCC. The number of rotatable bonds is 38. The lowest BCUT2D eigenvalue weighted by atomic mass is 10.0. The van der Waals surface area contributed by atoms with Crippen LogP contribution in [0.15, 0.2) is 24.3 Å². The van der Waals surface area contributed by atoms with Crippen LogP contribution in [0, 0.1) is 0 Å². The van der Waals surface area contributed by atoms with Crippen LogP contribution < -0.4 is 0 Å². The number of allylic oxidation sites excluding steroid dienone is 4. The summed E-state index contributed by atoms with van der Waals surface area (Å²) < 4.78 is 17.2. The number of carboxylic acid groups (broad SMARTS) is 1. The first-order valence-electron chi connectivity index (χ1n) is 21.4. The molecule has 52 heavy (non-hydrogen) atoms. The number of carbonyl (C=O) groups is 3.